The Morgan fingerprint density at radius 3 is 2.61 bits per heavy atom. The SMILES string of the molecule is CC(=O)N1CC[C@H](c2ncc3c(n2)CCN(C(=O)[C@H](C)N2CCCCC2)C3)C1. The smallest absolute Gasteiger partial charge is 0.239 e. The van der Waals surface area contributed by atoms with E-state index >= 15 is 0 Å². The number of piperidine rings is 1. The van der Waals surface area contributed by atoms with E-state index in [0.29, 0.717) is 13.1 Å². The van der Waals surface area contributed by atoms with Gasteiger partial charge in [-0.05, 0) is 39.3 Å². The van der Waals surface area contributed by atoms with Crippen molar-refractivity contribution in [1.82, 2.24) is 24.7 Å². The molecule has 28 heavy (non-hydrogen) atoms. The fourth-order valence-electron chi connectivity index (χ4n) is 4.70. The van der Waals surface area contributed by atoms with Crippen LogP contribution in [0.15, 0.2) is 6.20 Å². The highest BCUT2D eigenvalue weighted by atomic mass is 16.2. The van der Waals surface area contributed by atoms with Crippen molar-refractivity contribution in [2.24, 2.45) is 0 Å². The van der Waals surface area contributed by atoms with Crippen molar-refractivity contribution in [3.05, 3.63) is 23.3 Å². The third-order valence-electron chi connectivity index (χ3n) is 6.56. The molecule has 0 saturated carbocycles. The lowest BCUT2D eigenvalue weighted by molar-refractivity contribution is -0.137. The van der Waals surface area contributed by atoms with E-state index in [1.54, 1.807) is 6.92 Å². The van der Waals surface area contributed by atoms with Crippen LogP contribution in [0.3, 0.4) is 0 Å². The second-order valence-electron chi connectivity index (χ2n) is 8.43. The number of carbonyl (C=O) groups is 2. The molecule has 2 saturated heterocycles. The molecule has 2 atom stereocenters. The van der Waals surface area contributed by atoms with Crippen molar-refractivity contribution in [2.45, 2.75) is 64.5 Å². The number of fused-ring (bicyclic) bond motifs is 1. The highest BCUT2D eigenvalue weighted by Gasteiger charge is 2.31. The van der Waals surface area contributed by atoms with E-state index in [0.717, 1.165) is 56.1 Å². The van der Waals surface area contributed by atoms with Crippen LogP contribution >= 0.6 is 0 Å². The van der Waals surface area contributed by atoms with Crippen LogP contribution in [-0.2, 0) is 22.6 Å². The van der Waals surface area contributed by atoms with Gasteiger partial charge in [-0.15, -0.1) is 0 Å². The Kier molecular flexibility index (Phi) is 5.62. The predicted molar refractivity (Wildman–Crippen MR) is 106 cm³/mol. The summed E-state index contributed by atoms with van der Waals surface area (Å²) in [6, 6.07) is -0.0434. The summed E-state index contributed by atoms with van der Waals surface area (Å²) in [6.45, 7) is 8.56. The van der Waals surface area contributed by atoms with Crippen LogP contribution in [0.4, 0.5) is 0 Å². The highest BCUT2D eigenvalue weighted by molar-refractivity contribution is 5.81. The topological polar surface area (TPSA) is 69.6 Å². The zero-order valence-electron chi connectivity index (χ0n) is 17.1. The van der Waals surface area contributed by atoms with Gasteiger partial charge in [-0.2, -0.15) is 0 Å². The first-order chi connectivity index (χ1) is 13.5. The standard InChI is InChI=1S/C21H31N5O2/c1-15(24-8-4-3-5-9-24)21(28)26-11-7-19-18(14-26)12-22-20(23-19)17-6-10-25(13-17)16(2)27/h12,15,17H,3-11,13-14H2,1-2H3/t15-,17-/m0/s1. The molecule has 2 fully saturated rings. The molecule has 0 bridgehead atoms. The minimum Gasteiger partial charge on any atom is -0.342 e. The molecule has 7 heteroatoms. The molecule has 4 heterocycles. The normalized spacial score (nSPS) is 24.1. The third-order valence-corrected chi connectivity index (χ3v) is 6.56. The molecule has 3 aliphatic rings. The fourth-order valence-corrected chi connectivity index (χ4v) is 4.70. The first kappa shape index (κ1) is 19.3. The average molecular weight is 386 g/mol. The molecule has 7 nitrogen and oxygen atoms in total. The van der Waals surface area contributed by atoms with Gasteiger partial charge >= 0.3 is 0 Å². The summed E-state index contributed by atoms with van der Waals surface area (Å²) in [5.74, 6) is 1.43. The fraction of sp³-hybridized carbons (Fsp3) is 0.714. The summed E-state index contributed by atoms with van der Waals surface area (Å²) in [6.07, 6.45) is 7.28. The van der Waals surface area contributed by atoms with Gasteiger partial charge in [0.15, 0.2) is 0 Å². The molecule has 0 N–H and O–H groups in total. The van der Waals surface area contributed by atoms with E-state index in [4.69, 9.17) is 4.98 Å². The molecular weight excluding hydrogens is 354 g/mol. The molecule has 2 amide bonds. The summed E-state index contributed by atoms with van der Waals surface area (Å²) in [5, 5.41) is 0. The molecule has 0 radical (unpaired) electrons. The van der Waals surface area contributed by atoms with Gasteiger partial charge in [-0.3, -0.25) is 14.5 Å². The summed E-state index contributed by atoms with van der Waals surface area (Å²) < 4.78 is 0. The second-order valence-corrected chi connectivity index (χ2v) is 8.43. The Morgan fingerprint density at radius 2 is 1.89 bits per heavy atom. The van der Waals surface area contributed by atoms with Crippen LogP contribution in [0.25, 0.3) is 0 Å². The van der Waals surface area contributed by atoms with E-state index in [1.165, 1.54) is 19.3 Å². The van der Waals surface area contributed by atoms with Gasteiger partial charge in [-0.1, -0.05) is 6.42 Å². The van der Waals surface area contributed by atoms with E-state index in [-0.39, 0.29) is 23.8 Å². The molecule has 0 aromatic carbocycles. The molecule has 0 spiro atoms. The van der Waals surface area contributed by atoms with Crippen LogP contribution in [0.1, 0.15) is 62.5 Å². The second kappa shape index (κ2) is 8.15. The lowest BCUT2D eigenvalue weighted by Crippen LogP contribution is -2.50. The zero-order valence-corrected chi connectivity index (χ0v) is 17.1. The largest absolute Gasteiger partial charge is 0.342 e. The molecule has 4 rings (SSSR count). The van der Waals surface area contributed by atoms with Gasteiger partial charge in [0.25, 0.3) is 0 Å². The molecule has 152 valence electrons. The number of likely N-dealkylation sites (tertiary alicyclic amines) is 2. The first-order valence-corrected chi connectivity index (χ1v) is 10.7. The highest BCUT2D eigenvalue weighted by Crippen LogP contribution is 2.27. The maximum absolute atomic E-state index is 13.0. The summed E-state index contributed by atoms with van der Waals surface area (Å²) >= 11 is 0. The van der Waals surface area contributed by atoms with E-state index in [1.807, 2.05) is 22.9 Å². The molecule has 0 unspecified atom stereocenters. The number of nitrogens with zero attached hydrogens (tertiary/aromatic N) is 5. The van der Waals surface area contributed by atoms with Crippen molar-refractivity contribution in [3.8, 4) is 0 Å². The van der Waals surface area contributed by atoms with Crippen molar-refractivity contribution in [2.75, 3.05) is 32.7 Å². The molecular formula is C21H31N5O2. The molecule has 1 aromatic rings. The number of rotatable bonds is 3. The Bertz CT molecular complexity index is 746. The predicted octanol–water partition coefficient (Wildman–Crippen LogP) is 1.57. The zero-order chi connectivity index (χ0) is 19.7. The average Bonchev–Trinajstić information content (AvgIpc) is 3.23. The number of aromatic nitrogens is 2. The monoisotopic (exact) mass is 385 g/mol. The number of hydrogen-bond acceptors (Lipinski definition) is 5. The molecule has 3 aliphatic heterocycles. The lowest BCUT2D eigenvalue weighted by Gasteiger charge is -2.36. The van der Waals surface area contributed by atoms with E-state index in [2.05, 4.69) is 9.88 Å². The Labute approximate surface area is 167 Å². The molecule has 0 aliphatic carbocycles. The molecule has 1 aromatic heterocycles. The van der Waals surface area contributed by atoms with Crippen LogP contribution in [-0.4, -0.2) is 75.2 Å². The van der Waals surface area contributed by atoms with Gasteiger partial charge in [0.2, 0.25) is 11.8 Å². The van der Waals surface area contributed by atoms with Crippen LogP contribution in [0.5, 0.6) is 0 Å². The third kappa shape index (κ3) is 3.90. The number of carbonyl (C=O) groups excluding carboxylic acids is 2. The number of amides is 2. The minimum atomic E-state index is -0.0434. The quantitative estimate of drug-likeness (QED) is 0.790. The van der Waals surface area contributed by atoms with Crippen molar-refractivity contribution >= 4 is 11.8 Å². The Morgan fingerprint density at radius 1 is 1.11 bits per heavy atom. The van der Waals surface area contributed by atoms with Crippen molar-refractivity contribution in [3.63, 3.8) is 0 Å². The van der Waals surface area contributed by atoms with Crippen LogP contribution in [0.2, 0.25) is 0 Å². The van der Waals surface area contributed by atoms with Crippen molar-refractivity contribution < 1.29 is 9.59 Å². The maximum Gasteiger partial charge on any atom is 0.239 e. The van der Waals surface area contributed by atoms with Gasteiger partial charge in [-0.25, -0.2) is 9.97 Å². The summed E-state index contributed by atoms with van der Waals surface area (Å²) in [4.78, 5) is 40.1. The van der Waals surface area contributed by atoms with E-state index in [9.17, 15) is 9.59 Å². The van der Waals surface area contributed by atoms with Gasteiger partial charge in [0.1, 0.15) is 5.82 Å². The maximum atomic E-state index is 13.0. The Hall–Kier alpha value is -2.02. The van der Waals surface area contributed by atoms with Gasteiger partial charge < -0.3 is 9.80 Å². The van der Waals surface area contributed by atoms with E-state index < -0.39 is 0 Å². The van der Waals surface area contributed by atoms with Gasteiger partial charge in [0.05, 0.1) is 11.7 Å². The Balaban J connectivity index is 1.40. The van der Waals surface area contributed by atoms with Crippen molar-refractivity contribution in [1.29, 1.82) is 0 Å². The lowest BCUT2D eigenvalue weighted by atomic mass is 10.0. The van der Waals surface area contributed by atoms with Crippen LogP contribution in [0, 0.1) is 0 Å². The minimum absolute atomic E-state index is 0.0434. The van der Waals surface area contributed by atoms with Gasteiger partial charge in [0, 0.05) is 57.2 Å². The first-order valence-electron chi connectivity index (χ1n) is 10.7. The number of hydrogen-bond donors (Lipinski definition) is 0. The van der Waals surface area contributed by atoms with Crippen LogP contribution < -0.4 is 0 Å². The summed E-state index contributed by atoms with van der Waals surface area (Å²) in [7, 11) is 0. The summed E-state index contributed by atoms with van der Waals surface area (Å²) in [5.41, 5.74) is 2.14.